The van der Waals surface area contributed by atoms with Crippen molar-refractivity contribution < 1.29 is 0 Å². The van der Waals surface area contributed by atoms with E-state index in [9.17, 15) is 0 Å². The van der Waals surface area contributed by atoms with Gasteiger partial charge in [-0.25, -0.2) is 0 Å². The van der Waals surface area contributed by atoms with Gasteiger partial charge in [-0.1, -0.05) is 38.5 Å². The number of benzene rings is 2. The van der Waals surface area contributed by atoms with Crippen LogP contribution in [0.5, 0.6) is 0 Å². The maximum Gasteiger partial charge on any atom is 0.0385 e. The summed E-state index contributed by atoms with van der Waals surface area (Å²) in [5, 5.41) is 6.99. The molecule has 0 radical (unpaired) electrons. The van der Waals surface area contributed by atoms with Crippen LogP contribution in [0.2, 0.25) is 0 Å². The molecule has 2 N–H and O–H groups in total. The van der Waals surface area contributed by atoms with Gasteiger partial charge >= 0.3 is 0 Å². The van der Waals surface area contributed by atoms with Crippen molar-refractivity contribution in [3.63, 3.8) is 0 Å². The Morgan fingerprint density at radius 3 is 2.00 bits per heavy atom. The average Bonchev–Trinajstić information content (AvgIpc) is 2.50. The minimum atomic E-state index is 0.577. The first-order valence-electron chi connectivity index (χ1n) is 7.50. The van der Waals surface area contributed by atoms with Gasteiger partial charge < -0.3 is 10.6 Å². The summed E-state index contributed by atoms with van der Waals surface area (Å²) in [6, 6.07) is 19.3. The molecule has 0 amide bonds. The molecule has 2 rings (SSSR count). The highest BCUT2D eigenvalue weighted by atomic mass is 14.9. The first-order chi connectivity index (χ1) is 9.81. The molecule has 0 aliphatic heterocycles. The minimum absolute atomic E-state index is 0.577. The molecule has 0 saturated carbocycles. The predicted octanol–water partition coefficient (Wildman–Crippen LogP) is 5.42. The lowest BCUT2D eigenvalue weighted by molar-refractivity contribution is 0.623. The van der Waals surface area contributed by atoms with E-state index in [1.807, 2.05) is 18.2 Å². The van der Waals surface area contributed by atoms with Crippen molar-refractivity contribution in [2.75, 3.05) is 10.6 Å². The van der Waals surface area contributed by atoms with Crippen molar-refractivity contribution in [3.05, 3.63) is 54.6 Å². The second-order valence-electron chi connectivity index (χ2n) is 5.11. The van der Waals surface area contributed by atoms with Crippen LogP contribution in [0.25, 0.3) is 0 Å². The molecule has 0 spiro atoms. The summed E-state index contributed by atoms with van der Waals surface area (Å²) in [6.45, 7) is 4.47. The Hall–Kier alpha value is -1.96. The summed E-state index contributed by atoms with van der Waals surface area (Å²) in [5.41, 5.74) is 3.43. The van der Waals surface area contributed by atoms with Gasteiger partial charge in [0.25, 0.3) is 0 Å². The highest BCUT2D eigenvalue weighted by Gasteiger charge is 2.04. The maximum absolute atomic E-state index is 3.59. The van der Waals surface area contributed by atoms with E-state index in [0.29, 0.717) is 6.04 Å². The van der Waals surface area contributed by atoms with Crippen molar-refractivity contribution in [2.24, 2.45) is 0 Å². The molecule has 2 nitrogen and oxygen atoms in total. The van der Waals surface area contributed by atoms with E-state index in [1.54, 1.807) is 0 Å². The van der Waals surface area contributed by atoms with E-state index in [0.717, 1.165) is 17.8 Å². The first-order valence-corrected chi connectivity index (χ1v) is 7.50. The number of para-hydroxylation sites is 1. The second-order valence-corrected chi connectivity index (χ2v) is 5.11. The van der Waals surface area contributed by atoms with Crippen LogP contribution >= 0.6 is 0 Å². The summed E-state index contributed by atoms with van der Waals surface area (Å²) in [5.74, 6) is 0. The molecule has 0 fully saturated rings. The quantitative estimate of drug-likeness (QED) is 0.700. The third-order valence-electron chi connectivity index (χ3n) is 3.45. The Balaban J connectivity index is 1.96. The van der Waals surface area contributed by atoms with Gasteiger partial charge in [0.2, 0.25) is 0 Å². The SMILES string of the molecule is CCCC(CC)Nc1ccc(Nc2ccccc2)cc1. The zero-order chi connectivity index (χ0) is 14.2. The second kappa shape index (κ2) is 7.59. The molecule has 0 aliphatic carbocycles. The fourth-order valence-electron chi connectivity index (χ4n) is 2.30. The third kappa shape index (κ3) is 4.30. The van der Waals surface area contributed by atoms with Gasteiger partial charge in [0.05, 0.1) is 0 Å². The lowest BCUT2D eigenvalue weighted by Crippen LogP contribution is -2.17. The fraction of sp³-hybridized carbons (Fsp3) is 0.333. The zero-order valence-electron chi connectivity index (χ0n) is 12.4. The van der Waals surface area contributed by atoms with E-state index < -0.39 is 0 Å². The topological polar surface area (TPSA) is 24.1 Å². The summed E-state index contributed by atoms with van der Waals surface area (Å²) in [7, 11) is 0. The Bertz CT molecular complexity index is 491. The molecular formula is C18H24N2. The normalized spacial score (nSPS) is 11.9. The molecule has 2 heteroatoms. The van der Waals surface area contributed by atoms with Gasteiger partial charge in [-0.2, -0.15) is 0 Å². The number of rotatable bonds is 7. The molecule has 0 aromatic heterocycles. The molecule has 0 aliphatic rings. The molecule has 1 atom stereocenters. The highest BCUT2D eigenvalue weighted by molar-refractivity contribution is 5.62. The van der Waals surface area contributed by atoms with Gasteiger partial charge in [0, 0.05) is 23.1 Å². The van der Waals surface area contributed by atoms with Crippen molar-refractivity contribution in [1.29, 1.82) is 0 Å². The fourth-order valence-corrected chi connectivity index (χ4v) is 2.30. The van der Waals surface area contributed by atoms with Crippen molar-refractivity contribution in [1.82, 2.24) is 0 Å². The van der Waals surface area contributed by atoms with E-state index >= 15 is 0 Å². The van der Waals surface area contributed by atoms with E-state index in [1.165, 1.54) is 18.5 Å². The number of hydrogen-bond donors (Lipinski definition) is 2. The minimum Gasteiger partial charge on any atom is -0.382 e. The summed E-state index contributed by atoms with van der Waals surface area (Å²) < 4.78 is 0. The predicted molar refractivity (Wildman–Crippen MR) is 88.8 cm³/mol. The molecule has 0 saturated heterocycles. The number of nitrogens with one attached hydrogen (secondary N) is 2. The van der Waals surface area contributed by atoms with Crippen LogP contribution in [0.15, 0.2) is 54.6 Å². The lowest BCUT2D eigenvalue weighted by atomic mass is 10.1. The maximum atomic E-state index is 3.59. The van der Waals surface area contributed by atoms with Crippen LogP contribution in [-0.2, 0) is 0 Å². The zero-order valence-corrected chi connectivity index (χ0v) is 12.4. The monoisotopic (exact) mass is 268 g/mol. The van der Waals surface area contributed by atoms with Crippen LogP contribution < -0.4 is 10.6 Å². The molecule has 2 aromatic rings. The summed E-state index contributed by atoms with van der Waals surface area (Å²) in [6.07, 6.45) is 3.61. The van der Waals surface area contributed by atoms with E-state index in [4.69, 9.17) is 0 Å². The lowest BCUT2D eigenvalue weighted by Gasteiger charge is -2.17. The number of anilines is 3. The van der Waals surface area contributed by atoms with E-state index in [2.05, 4.69) is 60.9 Å². The van der Waals surface area contributed by atoms with Crippen LogP contribution in [0.1, 0.15) is 33.1 Å². The Morgan fingerprint density at radius 1 is 0.800 bits per heavy atom. The van der Waals surface area contributed by atoms with Crippen LogP contribution in [0.4, 0.5) is 17.1 Å². The molecule has 0 bridgehead atoms. The van der Waals surface area contributed by atoms with Crippen LogP contribution in [0.3, 0.4) is 0 Å². The molecule has 106 valence electrons. The van der Waals surface area contributed by atoms with Gasteiger partial charge in [0.15, 0.2) is 0 Å². The molecular weight excluding hydrogens is 244 g/mol. The van der Waals surface area contributed by atoms with Crippen molar-refractivity contribution in [2.45, 2.75) is 39.2 Å². The van der Waals surface area contributed by atoms with Crippen LogP contribution in [0, 0.1) is 0 Å². The summed E-state index contributed by atoms with van der Waals surface area (Å²) in [4.78, 5) is 0. The van der Waals surface area contributed by atoms with Gasteiger partial charge in [0.1, 0.15) is 0 Å². The highest BCUT2D eigenvalue weighted by Crippen LogP contribution is 2.20. The molecule has 20 heavy (non-hydrogen) atoms. The Morgan fingerprint density at radius 2 is 1.40 bits per heavy atom. The van der Waals surface area contributed by atoms with Gasteiger partial charge in [-0.15, -0.1) is 0 Å². The summed E-state index contributed by atoms with van der Waals surface area (Å²) >= 11 is 0. The molecule has 2 aromatic carbocycles. The van der Waals surface area contributed by atoms with Gasteiger partial charge in [-0.05, 0) is 49.2 Å². The van der Waals surface area contributed by atoms with Crippen LogP contribution in [-0.4, -0.2) is 6.04 Å². The largest absolute Gasteiger partial charge is 0.382 e. The standard InChI is InChI=1S/C18H24N2/c1-3-8-15(4-2)19-17-11-13-18(14-12-17)20-16-9-6-5-7-10-16/h5-7,9-15,19-20H,3-4,8H2,1-2H3. The van der Waals surface area contributed by atoms with E-state index in [-0.39, 0.29) is 0 Å². The Labute approximate surface area is 122 Å². The smallest absolute Gasteiger partial charge is 0.0385 e. The first kappa shape index (κ1) is 14.4. The Kier molecular flexibility index (Phi) is 5.48. The third-order valence-corrected chi connectivity index (χ3v) is 3.45. The average molecular weight is 268 g/mol. The van der Waals surface area contributed by atoms with Crippen molar-refractivity contribution in [3.8, 4) is 0 Å². The van der Waals surface area contributed by atoms with Crippen molar-refractivity contribution >= 4 is 17.1 Å². The molecule has 1 unspecified atom stereocenters. The van der Waals surface area contributed by atoms with Gasteiger partial charge in [-0.3, -0.25) is 0 Å². The number of hydrogen-bond acceptors (Lipinski definition) is 2. The molecule has 0 heterocycles.